The number of anilines is 1. The Labute approximate surface area is 185 Å². The lowest BCUT2D eigenvalue weighted by molar-refractivity contribution is -0.136. The number of carbonyl (C=O) groups excluding carboxylic acids is 1. The minimum absolute atomic E-state index is 0.311. The van der Waals surface area contributed by atoms with Crippen LogP contribution in [-0.2, 0) is 4.79 Å². The highest BCUT2D eigenvalue weighted by Crippen LogP contribution is 2.30. The van der Waals surface area contributed by atoms with Crippen LogP contribution >= 0.6 is 11.3 Å². The van der Waals surface area contributed by atoms with Crippen LogP contribution in [0.3, 0.4) is 0 Å². The highest BCUT2D eigenvalue weighted by molar-refractivity contribution is 7.15. The van der Waals surface area contributed by atoms with E-state index < -0.39 is 35.3 Å². The van der Waals surface area contributed by atoms with Gasteiger partial charge in [0.2, 0.25) is 5.91 Å². The predicted octanol–water partition coefficient (Wildman–Crippen LogP) is 3.61. The van der Waals surface area contributed by atoms with Crippen LogP contribution in [0.4, 0.5) is 5.13 Å². The number of amides is 1. The zero-order chi connectivity index (χ0) is 23.1. The van der Waals surface area contributed by atoms with Gasteiger partial charge in [0.1, 0.15) is 12.3 Å². The summed E-state index contributed by atoms with van der Waals surface area (Å²) < 4.78 is 0. The number of aliphatic hydroxyl groups is 3. The number of carbonyl (C=O) groups is 1. The topological polar surface area (TPSA) is 115 Å². The van der Waals surface area contributed by atoms with Gasteiger partial charge < -0.3 is 26.0 Å². The van der Waals surface area contributed by atoms with Crippen molar-refractivity contribution in [1.82, 2.24) is 10.3 Å². The van der Waals surface area contributed by atoms with E-state index >= 15 is 0 Å². The highest BCUT2D eigenvalue weighted by atomic mass is 32.1. The van der Waals surface area contributed by atoms with E-state index in [0.29, 0.717) is 17.5 Å². The molecule has 0 radical (unpaired) electrons. The third-order valence-electron chi connectivity index (χ3n) is 5.08. The van der Waals surface area contributed by atoms with Crippen molar-refractivity contribution in [3.8, 4) is 0 Å². The van der Waals surface area contributed by atoms with E-state index in [2.05, 4.69) is 22.5 Å². The fourth-order valence-electron chi connectivity index (χ4n) is 3.07. The molecule has 5 N–H and O–H groups in total. The Balaban J connectivity index is 2.68. The molecule has 0 aromatic carbocycles. The lowest BCUT2D eigenvalue weighted by atomic mass is 9.88. The minimum Gasteiger partial charge on any atom is -0.390 e. The van der Waals surface area contributed by atoms with Crippen LogP contribution in [0.15, 0.2) is 6.20 Å². The summed E-state index contributed by atoms with van der Waals surface area (Å²) in [6, 6.07) is -0.531. The van der Waals surface area contributed by atoms with Gasteiger partial charge in [0, 0.05) is 11.1 Å². The maximum absolute atomic E-state index is 12.4. The highest BCUT2D eigenvalue weighted by Gasteiger charge is 2.32. The molecule has 1 rings (SSSR count). The fraction of sp³-hybridized carbons (Fsp3) is 0.818. The Morgan fingerprint density at radius 3 is 2.37 bits per heavy atom. The zero-order valence-electron chi connectivity index (χ0n) is 19.5. The van der Waals surface area contributed by atoms with Crippen molar-refractivity contribution in [3.63, 3.8) is 0 Å². The molecule has 2 unspecified atom stereocenters. The molecule has 1 aromatic heterocycles. The molecule has 0 spiro atoms. The van der Waals surface area contributed by atoms with Gasteiger partial charge >= 0.3 is 0 Å². The number of thiazole rings is 1. The summed E-state index contributed by atoms with van der Waals surface area (Å²) in [6.07, 6.45) is 3.62. The molecular formula is C22H41N3O4S. The number of nitrogens with zero attached hydrogens (tertiary/aromatic N) is 1. The molecule has 0 aliphatic heterocycles. The summed E-state index contributed by atoms with van der Waals surface area (Å²) in [6.45, 7) is 13.1. The van der Waals surface area contributed by atoms with Gasteiger partial charge in [0.25, 0.3) is 0 Å². The second-order valence-electron chi connectivity index (χ2n) is 9.93. The van der Waals surface area contributed by atoms with Crippen LogP contribution in [0, 0.1) is 5.41 Å². The molecule has 1 heterocycles. The Morgan fingerprint density at radius 2 is 1.83 bits per heavy atom. The summed E-state index contributed by atoms with van der Waals surface area (Å²) in [5.74, 6) is -0.173. The summed E-state index contributed by atoms with van der Waals surface area (Å²) in [5, 5.41) is 37.0. The Morgan fingerprint density at radius 1 is 1.20 bits per heavy atom. The quantitative estimate of drug-likeness (QED) is 0.315. The van der Waals surface area contributed by atoms with Crippen LogP contribution < -0.4 is 10.6 Å². The maximum atomic E-state index is 12.4. The number of rotatable bonds is 12. The van der Waals surface area contributed by atoms with Crippen LogP contribution in [-0.4, -0.2) is 50.2 Å². The standard InChI is InChI=1S/C22H41N3O4S/c1-8-10-15(24-19(28)17(26)21(3,4)5)18(27)25-20-23-13-16(30-20)14(2)11-9-12-22(6,7)29/h13-15,17-18,26-27,29H,8-12H2,1-7H3,(H,23,25)(H,24,28)/t14?,15-,17+,18?/m0/s1. The largest absolute Gasteiger partial charge is 0.390 e. The van der Waals surface area contributed by atoms with Crippen molar-refractivity contribution in [3.05, 3.63) is 11.1 Å². The third kappa shape index (κ3) is 9.29. The SMILES string of the molecule is CCC[C@H](NC(=O)[C@@H](O)C(C)(C)C)C(O)Nc1ncc(C(C)CCCC(C)(C)O)s1. The van der Waals surface area contributed by atoms with Crippen LogP contribution in [0.5, 0.6) is 0 Å². The Bertz CT molecular complexity index is 652. The van der Waals surface area contributed by atoms with Crippen molar-refractivity contribution in [2.75, 3.05) is 5.32 Å². The molecule has 0 saturated carbocycles. The molecule has 174 valence electrons. The average Bonchev–Trinajstić information content (AvgIpc) is 3.07. The number of hydrogen-bond donors (Lipinski definition) is 5. The fourth-order valence-corrected chi connectivity index (χ4v) is 4.00. The van der Waals surface area contributed by atoms with Crippen LogP contribution in [0.1, 0.15) is 91.4 Å². The lowest BCUT2D eigenvalue weighted by Crippen LogP contribution is -2.52. The first-order valence-corrected chi connectivity index (χ1v) is 11.7. The molecule has 8 heteroatoms. The van der Waals surface area contributed by atoms with Gasteiger partial charge in [0.15, 0.2) is 5.13 Å². The molecule has 4 atom stereocenters. The Kier molecular flexibility index (Phi) is 10.2. The molecule has 7 nitrogen and oxygen atoms in total. The van der Waals surface area contributed by atoms with Gasteiger partial charge in [-0.25, -0.2) is 4.98 Å². The second kappa shape index (κ2) is 11.4. The monoisotopic (exact) mass is 443 g/mol. The van der Waals surface area contributed by atoms with Gasteiger partial charge in [-0.05, 0) is 50.9 Å². The molecule has 0 fully saturated rings. The van der Waals surface area contributed by atoms with Crippen molar-refractivity contribution < 1.29 is 20.1 Å². The van der Waals surface area contributed by atoms with E-state index in [9.17, 15) is 20.1 Å². The van der Waals surface area contributed by atoms with Crippen LogP contribution in [0.2, 0.25) is 0 Å². The molecule has 30 heavy (non-hydrogen) atoms. The summed E-state index contributed by atoms with van der Waals surface area (Å²) in [5.41, 5.74) is -1.23. The molecule has 0 saturated heterocycles. The van der Waals surface area contributed by atoms with Gasteiger partial charge in [-0.3, -0.25) is 4.79 Å². The van der Waals surface area contributed by atoms with E-state index in [1.807, 2.05) is 27.0 Å². The van der Waals surface area contributed by atoms with Crippen LogP contribution in [0.25, 0.3) is 0 Å². The predicted molar refractivity (Wildman–Crippen MR) is 123 cm³/mol. The van der Waals surface area contributed by atoms with Gasteiger partial charge in [-0.2, -0.15) is 0 Å². The van der Waals surface area contributed by atoms with E-state index in [-0.39, 0.29) is 0 Å². The molecule has 0 bridgehead atoms. The van der Waals surface area contributed by atoms with Gasteiger partial charge in [0.05, 0.1) is 11.6 Å². The summed E-state index contributed by atoms with van der Waals surface area (Å²) in [4.78, 5) is 17.8. The van der Waals surface area contributed by atoms with Crippen molar-refractivity contribution >= 4 is 22.4 Å². The summed E-state index contributed by atoms with van der Waals surface area (Å²) >= 11 is 1.49. The summed E-state index contributed by atoms with van der Waals surface area (Å²) in [7, 11) is 0. The first-order valence-electron chi connectivity index (χ1n) is 10.9. The van der Waals surface area contributed by atoms with Crippen molar-refractivity contribution in [2.45, 2.75) is 110 Å². The van der Waals surface area contributed by atoms with E-state index in [4.69, 9.17) is 0 Å². The zero-order valence-corrected chi connectivity index (χ0v) is 20.3. The molecule has 1 amide bonds. The normalized spacial score (nSPS) is 16.6. The van der Waals surface area contributed by atoms with E-state index in [0.717, 1.165) is 30.6 Å². The smallest absolute Gasteiger partial charge is 0.249 e. The van der Waals surface area contributed by atoms with Crippen molar-refractivity contribution in [2.24, 2.45) is 5.41 Å². The number of aliphatic hydroxyl groups excluding tert-OH is 2. The second-order valence-corrected chi connectivity index (χ2v) is 11.0. The number of hydrogen-bond acceptors (Lipinski definition) is 7. The molecule has 1 aromatic rings. The van der Waals surface area contributed by atoms with Gasteiger partial charge in [-0.1, -0.05) is 41.0 Å². The minimum atomic E-state index is -1.15. The maximum Gasteiger partial charge on any atom is 0.249 e. The first-order chi connectivity index (χ1) is 13.7. The lowest BCUT2D eigenvalue weighted by Gasteiger charge is -2.29. The van der Waals surface area contributed by atoms with E-state index in [1.54, 1.807) is 20.8 Å². The molecule has 0 aliphatic rings. The Hall–Kier alpha value is -1.22. The van der Waals surface area contributed by atoms with Gasteiger partial charge in [-0.15, -0.1) is 11.3 Å². The van der Waals surface area contributed by atoms with Crippen molar-refractivity contribution in [1.29, 1.82) is 0 Å². The molecule has 0 aliphatic carbocycles. The number of nitrogens with one attached hydrogen (secondary N) is 2. The average molecular weight is 444 g/mol. The molecular weight excluding hydrogens is 402 g/mol. The first kappa shape index (κ1) is 26.8. The number of aromatic nitrogens is 1. The van der Waals surface area contributed by atoms with E-state index in [1.165, 1.54) is 11.3 Å². The third-order valence-corrected chi connectivity index (χ3v) is 6.24.